The van der Waals surface area contributed by atoms with Gasteiger partial charge in [-0.15, -0.1) is 0 Å². The summed E-state index contributed by atoms with van der Waals surface area (Å²) in [4.78, 5) is 0. The van der Waals surface area contributed by atoms with Crippen LogP contribution in [0, 0.1) is 20.8 Å². The topological polar surface area (TPSA) is 30.5 Å². The molecule has 1 saturated heterocycles. The molecule has 1 fully saturated rings. The molecule has 0 unspecified atom stereocenters. The van der Waals surface area contributed by atoms with Gasteiger partial charge in [0.05, 0.1) is 20.3 Å². The van der Waals surface area contributed by atoms with Crippen LogP contribution in [0.5, 0.6) is 5.75 Å². The van der Waals surface area contributed by atoms with Gasteiger partial charge in [0, 0.05) is 5.41 Å². The minimum atomic E-state index is 0.189. The largest absolute Gasteiger partial charge is 0.496 e. The van der Waals surface area contributed by atoms with Gasteiger partial charge in [0.2, 0.25) is 0 Å². The molecule has 19 heavy (non-hydrogen) atoms. The Morgan fingerprint density at radius 2 is 1.95 bits per heavy atom. The maximum atomic E-state index is 5.54. The lowest BCUT2D eigenvalue weighted by Gasteiger charge is -2.44. The number of rotatable bonds is 5. The fourth-order valence-corrected chi connectivity index (χ4v) is 3.20. The zero-order valence-electron chi connectivity index (χ0n) is 12.7. The predicted octanol–water partition coefficient (Wildman–Crippen LogP) is 2.50. The van der Waals surface area contributed by atoms with Crippen molar-refractivity contribution in [2.45, 2.75) is 32.6 Å². The molecule has 0 spiro atoms. The Morgan fingerprint density at radius 3 is 2.42 bits per heavy atom. The van der Waals surface area contributed by atoms with Crippen molar-refractivity contribution in [3.8, 4) is 5.75 Å². The van der Waals surface area contributed by atoms with Crippen molar-refractivity contribution >= 4 is 0 Å². The lowest BCUT2D eigenvalue weighted by molar-refractivity contribution is -0.0644. The van der Waals surface area contributed by atoms with Crippen LogP contribution in [0.15, 0.2) is 6.07 Å². The predicted molar refractivity (Wildman–Crippen MR) is 78.2 cm³/mol. The van der Waals surface area contributed by atoms with Crippen molar-refractivity contribution in [2.75, 3.05) is 33.9 Å². The Kier molecular flexibility index (Phi) is 4.16. The monoisotopic (exact) mass is 263 g/mol. The van der Waals surface area contributed by atoms with Gasteiger partial charge in [-0.1, -0.05) is 0 Å². The van der Waals surface area contributed by atoms with Gasteiger partial charge < -0.3 is 14.8 Å². The highest BCUT2D eigenvalue weighted by Gasteiger charge is 2.42. The van der Waals surface area contributed by atoms with Gasteiger partial charge in [0.15, 0.2) is 0 Å². The highest BCUT2D eigenvalue weighted by atomic mass is 16.5. The van der Waals surface area contributed by atoms with Crippen molar-refractivity contribution < 1.29 is 9.47 Å². The molecule has 0 amide bonds. The van der Waals surface area contributed by atoms with E-state index in [2.05, 4.69) is 32.2 Å². The van der Waals surface area contributed by atoms with Crippen LogP contribution in [-0.4, -0.2) is 33.9 Å². The zero-order valence-corrected chi connectivity index (χ0v) is 12.7. The standard InChI is InChI=1S/C16H25NO2/c1-11-8-14(18-5)12(2)13(3)15(11)16(6-7-17-4)9-19-10-16/h8,17H,6-7,9-10H2,1-5H3. The number of nitrogens with one attached hydrogen (secondary N) is 1. The number of methoxy groups -OCH3 is 1. The molecule has 0 atom stereocenters. The first-order valence-electron chi connectivity index (χ1n) is 6.93. The van der Waals surface area contributed by atoms with Crippen LogP contribution >= 0.6 is 0 Å². The molecule has 0 aliphatic carbocycles. The van der Waals surface area contributed by atoms with Crippen LogP contribution in [0.3, 0.4) is 0 Å². The second-order valence-electron chi connectivity index (χ2n) is 5.65. The van der Waals surface area contributed by atoms with Crippen LogP contribution in [0.2, 0.25) is 0 Å². The Morgan fingerprint density at radius 1 is 1.26 bits per heavy atom. The van der Waals surface area contributed by atoms with E-state index in [-0.39, 0.29) is 5.41 Å². The van der Waals surface area contributed by atoms with E-state index in [4.69, 9.17) is 9.47 Å². The molecule has 1 N–H and O–H groups in total. The lowest BCUT2D eigenvalue weighted by atomic mass is 9.71. The molecular weight excluding hydrogens is 238 g/mol. The molecule has 0 bridgehead atoms. The summed E-state index contributed by atoms with van der Waals surface area (Å²) in [6, 6.07) is 2.16. The number of hydrogen-bond acceptors (Lipinski definition) is 3. The number of aryl methyl sites for hydroxylation is 1. The van der Waals surface area contributed by atoms with E-state index in [1.807, 2.05) is 7.05 Å². The van der Waals surface area contributed by atoms with Crippen molar-refractivity contribution in [3.63, 3.8) is 0 Å². The molecule has 106 valence electrons. The fraction of sp³-hybridized carbons (Fsp3) is 0.625. The molecule has 2 rings (SSSR count). The molecule has 1 heterocycles. The lowest BCUT2D eigenvalue weighted by Crippen LogP contribution is -2.49. The molecule has 1 aromatic rings. The second kappa shape index (κ2) is 5.51. The van der Waals surface area contributed by atoms with E-state index in [0.29, 0.717) is 0 Å². The average Bonchev–Trinajstić information content (AvgIpc) is 2.35. The molecule has 0 radical (unpaired) electrons. The first-order chi connectivity index (χ1) is 9.05. The van der Waals surface area contributed by atoms with Gasteiger partial charge in [-0.25, -0.2) is 0 Å². The second-order valence-corrected chi connectivity index (χ2v) is 5.65. The third kappa shape index (κ3) is 2.37. The number of benzene rings is 1. The Hall–Kier alpha value is -1.06. The van der Waals surface area contributed by atoms with Gasteiger partial charge in [0.1, 0.15) is 5.75 Å². The van der Waals surface area contributed by atoms with Crippen molar-refractivity contribution in [1.82, 2.24) is 5.32 Å². The Balaban J connectivity index is 2.46. The van der Waals surface area contributed by atoms with Gasteiger partial charge in [-0.2, -0.15) is 0 Å². The molecule has 3 heteroatoms. The van der Waals surface area contributed by atoms with E-state index in [1.54, 1.807) is 7.11 Å². The maximum Gasteiger partial charge on any atom is 0.122 e. The average molecular weight is 263 g/mol. The van der Waals surface area contributed by atoms with Gasteiger partial charge >= 0.3 is 0 Å². The third-order valence-corrected chi connectivity index (χ3v) is 4.41. The van der Waals surface area contributed by atoms with Gasteiger partial charge in [-0.05, 0) is 69.1 Å². The maximum absolute atomic E-state index is 5.54. The minimum Gasteiger partial charge on any atom is -0.496 e. The first kappa shape index (κ1) is 14.4. The van der Waals surface area contributed by atoms with E-state index in [9.17, 15) is 0 Å². The highest BCUT2D eigenvalue weighted by Crippen LogP contribution is 2.42. The van der Waals surface area contributed by atoms with Crippen LogP contribution in [0.25, 0.3) is 0 Å². The van der Waals surface area contributed by atoms with Crippen LogP contribution in [-0.2, 0) is 10.2 Å². The fourth-order valence-electron chi connectivity index (χ4n) is 3.20. The summed E-state index contributed by atoms with van der Waals surface area (Å²) in [6.45, 7) is 9.23. The quantitative estimate of drug-likeness (QED) is 0.885. The molecule has 3 nitrogen and oxygen atoms in total. The smallest absolute Gasteiger partial charge is 0.122 e. The van der Waals surface area contributed by atoms with E-state index in [0.717, 1.165) is 31.9 Å². The van der Waals surface area contributed by atoms with Crippen LogP contribution < -0.4 is 10.1 Å². The minimum absolute atomic E-state index is 0.189. The normalized spacial score (nSPS) is 17.1. The van der Waals surface area contributed by atoms with Crippen molar-refractivity contribution in [3.05, 3.63) is 28.3 Å². The SMILES string of the molecule is CNCCC1(c2c(C)cc(OC)c(C)c2C)COC1. The summed E-state index contributed by atoms with van der Waals surface area (Å²) in [5.74, 6) is 0.989. The summed E-state index contributed by atoms with van der Waals surface area (Å²) in [5, 5.41) is 3.26. The van der Waals surface area contributed by atoms with E-state index < -0.39 is 0 Å². The summed E-state index contributed by atoms with van der Waals surface area (Å²) >= 11 is 0. The summed E-state index contributed by atoms with van der Waals surface area (Å²) in [6.07, 6.45) is 1.12. The van der Waals surface area contributed by atoms with Gasteiger partial charge in [0.25, 0.3) is 0 Å². The molecular formula is C16H25NO2. The van der Waals surface area contributed by atoms with Crippen LogP contribution in [0.1, 0.15) is 28.7 Å². The van der Waals surface area contributed by atoms with Crippen molar-refractivity contribution in [1.29, 1.82) is 0 Å². The van der Waals surface area contributed by atoms with Gasteiger partial charge in [-0.3, -0.25) is 0 Å². The number of hydrogen-bond donors (Lipinski definition) is 1. The Bertz CT molecular complexity index is 464. The third-order valence-electron chi connectivity index (χ3n) is 4.41. The molecule has 1 aromatic carbocycles. The highest BCUT2D eigenvalue weighted by molar-refractivity contribution is 5.52. The Labute approximate surface area is 116 Å². The zero-order chi connectivity index (χ0) is 14.0. The van der Waals surface area contributed by atoms with E-state index in [1.165, 1.54) is 22.3 Å². The first-order valence-corrected chi connectivity index (χ1v) is 6.93. The summed E-state index contributed by atoms with van der Waals surface area (Å²) in [5.41, 5.74) is 5.58. The molecule has 1 aliphatic rings. The van der Waals surface area contributed by atoms with E-state index >= 15 is 0 Å². The molecule has 1 aliphatic heterocycles. The number of ether oxygens (including phenoxy) is 2. The van der Waals surface area contributed by atoms with Crippen molar-refractivity contribution in [2.24, 2.45) is 0 Å². The summed E-state index contributed by atoms with van der Waals surface area (Å²) < 4.78 is 11.0. The molecule has 0 aromatic heterocycles. The van der Waals surface area contributed by atoms with Crippen LogP contribution in [0.4, 0.5) is 0 Å². The summed E-state index contributed by atoms with van der Waals surface area (Å²) in [7, 11) is 3.75. The molecule has 0 saturated carbocycles.